The van der Waals surface area contributed by atoms with Crippen LogP contribution in [0.3, 0.4) is 0 Å². The number of nitrogens with zero attached hydrogens (tertiary/aromatic N) is 2. The lowest BCUT2D eigenvalue weighted by molar-refractivity contribution is -0.139. The van der Waals surface area contributed by atoms with Gasteiger partial charge in [0.15, 0.2) is 16.3 Å². The first-order valence-electron chi connectivity index (χ1n) is 13.9. The van der Waals surface area contributed by atoms with Crippen molar-refractivity contribution in [3.63, 3.8) is 0 Å². The van der Waals surface area contributed by atoms with Crippen LogP contribution in [0.25, 0.3) is 27.6 Å². The molecule has 1 aliphatic rings. The van der Waals surface area contributed by atoms with Gasteiger partial charge in [0.25, 0.3) is 5.56 Å². The highest BCUT2D eigenvalue weighted by Crippen LogP contribution is 2.41. The number of allylic oxidation sites excluding steroid dienone is 1. The first kappa shape index (κ1) is 27.5. The molecule has 0 radical (unpaired) electrons. The number of aromatic nitrogens is 1. The summed E-state index contributed by atoms with van der Waals surface area (Å²) < 4.78 is 19.2. The SMILES string of the molecule is CCOC(=O)C1=C(C)N=c2s/c(=C/c3c4ccccc4cc4ccccc34)c(=O)n2[C@@H]1c1cccc(OC)c1OCC. The van der Waals surface area contributed by atoms with Crippen LogP contribution in [0.5, 0.6) is 11.5 Å². The van der Waals surface area contributed by atoms with E-state index >= 15 is 0 Å². The first-order valence-corrected chi connectivity index (χ1v) is 14.7. The summed E-state index contributed by atoms with van der Waals surface area (Å²) >= 11 is 1.30. The summed E-state index contributed by atoms with van der Waals surface area (Å²) in [5.74, 6) is 0.457. The molecule has 6 rings (SSSR count). The van der Waals surface area contributed by atoms with Gasteiger partial charge in [0.1, 0.15) is 6.04 Å². The van der Waals surface area contributed by atoms with Crippen molar-refractivity contribution in [2.24, 2.45) is 4.99 Å². The van der Waals surface area contributed by atoms with E-state index in [4.69, 9.17) is 19.2 Å². The number of para-hydroxylation sites is 1. The van der Waals surface area contributed by atoms with Crippen LogP contribution >= 0.6 is 11.3 Å². The zero-order valence-corrected chi connectivity index (χ0v) is 24.7. The fourth-order valence-electron chi connectivity index (χ4n) is 5.63. The summed E-state index contributed by atoms with van der Waals surface area (Å²) in [7, 11) is 1.56. The molecule has 4 aromatic carbocycles. The topological polar surface area (TPSA) is 79.1 Å². The molecule has 0 aliphatic carbocycles. The van der Waals surface area contributed by atoms with E-state index in [2.05, 4.69) is 30.3 Å². The van der Waals surface area contributed by atoms with E-state index in [-0.39, 0.29) is 12.2 Å². The molecule has 212 valence electrons. The number of hydrogen-bond acceptors (Lipinski definition) is 7. The highest BCUT2D eigenvalue weighted by molar-refractivity contribution is 7.07. The van der Waals surface area contributed by atoms with Crippen LogP contribution in [0, 0.1) is 0 Å². The second-order valence-electron chi connectivity index (χ2n) is 9.85. The second-order valence-corrected chi connectivity index (χ2v) is 10.9. The molecule has 42 heavy (non-hydrogen) atoms. The fraction of sp³-hybridized carbons (Fsp3) is 0.206. The maximum absolute atomic E-state index is 14.4. The quantitative estimate of drug-likeness (QED) is 0.188. The van der Waals surface area contributed by atoms with Gasteiger partial charge in [-0.2, -0.15) is 0 Å². The Balaban J connectivity index is 1.66. The molecule has 0 saturated heterocycles. The Hall–Kier alpha value is -4.69. The van der Waals surface area contributed by atoms with Crippen molar-refractivity contribution >= 4 is 44.9 Å². The van der Waals surface area contributed by atoms with Crippen LogP contribution in [0.1, 0.15) is 37.9 Å². The minimum Gasteiger partial charge on any atom is -0.493 e. The van der Waals surface area contributed by atoms with Crippen molar-refractivity contribution in [3.8, 4) is 11.5 Å². The van der Waals surface area contributed by atoms with Crippen molar-refractivity contribution in [2.45, 2.75) is 26.8 Å². The van der Waals surface area contributed by atoms with Crippen LogP contribution < -0.4 is 24.4 Å². The zero-order chi connectivity index (χ0) is 29.4. The molecule has 0 spiro atoms. The van der Waals surface area contributed by atoms with Crippen LogP contribution in [-0.2, 0) is 9.53 Å². The lowest BCUT2D eigenvalue weighted by Gasteiger charge is -2.26. The van der Waals surface area contributed by atoms with Crippen LogP contribution in [-0.4, -0.2) is 30.9 Å². The first-order chi connectivity index (χ1) is 20.5. The van der Waals surface area contributed by atoms with Crippen molar-refractivity contribution in [1.82, 2.24) is 4.57 Å². The van der Waals surface area contributed by atoms with E-state index < -0.39 is 12.0 Å². The van der Waals surface area contributed by atoms with Crippen molar-refractivity contribution in [3.05, 3.63) is 115 Å². The molecular formula is C34H30N2O5S. The average molecular weight is 579 g/mol. The molecule has 0 amide bonds. The van der Waals surface area contributed by atoms with Crippen LogP contribution in [0.2, 0.25) is 0 Å². The lowest BCUT2D eigenvalue weighted by atomic mass is 9.94. The smallest absolute Gasteiger partial charge is 0.338 e. The van der Waals surface area contributed by atoms with Gasteiger partial charge in [0.05, 0.1) is 36.1 Å². The Morgan fingerprint density at radius 1 is 0.976 bits per heavy atom. The molecule has 0 bridgehead atoms. The van der Waals surface area contributed by atoms with Crippen LogP contribution in [0.4, 0.5) is 0 Å². The second kappa shape index (κ2) is 11.3. The Morgan fingerprint density at radius 3 is 2.31 bits per heavy atom. The van der Waals surface area contributed by atoms with Gasteiger partial charge in [-0.3, -0.25) is 9.36 Å². The van der Waals surface area contributed by atoms with Gasteiger partial charge >= 0.3 is 5.97 Å². The third-order valence-corrected chi connectivity index (χ3v) is 8.40. The molecule has 2 heterocycles. The Morgan fingerprint density at radius 2 is 1.67 bits per heavy atom. The molecule has 1 aliphatic heterocycles. The summed E-state index contributed by atoms with van der Waals surface area (Å²) in [5, 5.41) is 4.28. The molecule has 0 N–H and O–H groups in total. The number of thiazole rings is 1. The minimum atomic E-state index is -0.816. The average Bonchev–Trinajstić information content (AvgIpc) is 3.30. The Bertz CT molecular complexity index is 2020. The monoisotopic (exact) mass is 578 g/mol. The number of methoxy groups -OCH3 is 1. The molecule has 1 atom stereocenters. The minimum absolute atomic E-state index is 0.192. The predicted molar refractivity (Wildman–Crippen MR) is 166 cm³/mol. The number of fused-ring (bicyclic) bond motifs is 3. The van der Waals surface area contributed by atoms with Gasteiger partial charge in [0.2, 0.25) is 0 Å². The normalized spacial score (nSPS) is 15.0. The number of carbonyl (C=O) groups is 1. The van der Waals surface area contributed by atoms with Gasteiger partial charge in [-0.25, -0.2) is 9.79 Å². The maximum atomic E-state index is 14.4. The third kappa shape index (κ3) is 4.58. The van der Waals surface area contributed by atoms with E-state index in [1.54, 1.807) is 31.6 Å². The zero-order valence-electron chi connectivity index (χ0n) is 23.8. The van der Waals surface area contributed by atoms with E-state index in [9.17, 15) is 9.59 Å². The van der Waals surface area contributed by atoms with Crippen molar-refractivity contribution in [2.75, 3.05) is 20.3 Å². The lowest BCUT2D eigenvalue weighted by Crippen LogP contribution is -2.40. The number of carbonyl (C=O) groups excluding carboxylic acids is 1. The standard InChI is InChI=1S/C34H30N2O5S/c1-5-40-31-25(16-11-17-27(31)39-4)30-29(33(38)41-6-2)20(3)35-34-36(30)32(37)28(42-34)19-26-23-14-9-7-12-21(23)18-22-13-8-10-15-24(22)26/h7-19,30H,5-6H2,1-4H3/b28-19+/t30-/m1/s1. The number of esters is 1. The van der Waals surface area contributed by atoms with E-state index in [1.165, 1.54) is 11.3 Å². The molecule has 0 saturated carbocycles. The highest BCUT2D eigenvalue weighted by Gasteiger charge is 2.36. The van der Waals surface area contributed by atoms with E-state index in [0.29, 0.717) is 44.3 Å². The molecule has 7 nitrogen and oxygen atoms in total. The van der Waals surface area contributed by atoms with Gasteiger partial charge in [-0.05, 0) is 66.1 Å². The van der Waals surface area contributed by atoms with Gasteiger partial charge < -0.3 is 14.2 Å². The van der Waals surface area contributed by atoms with E-state index in [1.807, 2.05) is 49.4 Å². The summed E-state index contributed by atoms with van der Waals surface area (Å²) in [6.45, 7) is 5.97. The number of ether oxygens (including phenoxy) is 3. The Labute approximate surface area is 246 Å². The van der Waals surface area contributed by atoms with Crippen LogP contribution in [0.15, 0.2) is 93.9 Å². The van der Waals surface area contributed by atoms with Gasteiger partial charge in [0, 0.05) is 5.56 Å². The highest BCUT2D eigenvalue weighted by atomic mass is 32.1. The molecule has 8 heteroatoms. The molecular weight excluding hydrogens is 548 g/mol. The van der Waals surface area contributed by atoms with Crippen molar-refractivity contribution in [1.29, 1.82) is 0 Å². The predicted octanol–water partition coefficient (Wildman–Crippen LogP) is 5.51. The number of rotatable bonds is 7. The summed E-state index contributed by atoms with van der Waals surface area (Å²) in [5.41, 5.74) is 2.12. The largest absolute Gasteiger partial charge is 0.493 e. The summed E-state index contributed by atoms with van der Waals surface area (Å²) in [4.78, 5) is 33.0. The summed E-state index contributed by atoms with van der Waals surface area (Å²) in [6, 6.07) is 23.1. The van der Waals surface area contributed by atoms with Crippen molar-refractivity contribution < 1.29 is 19.0 Å². The molecule has 1 aromatic heterocycles. The van der Waals surface area contributed by atoms with Gasteiger partial charge in [-0.15, -0.1) is 0 Å². The summed E-state index contributed by atoms with van der Waals surface area (Å²) in [6.07, 6.45) is 1.95. The molecule has 0 fully saturated rings. The molecule has 5 aromatic rings. The Kier molecular flexibility index (Phi) is 7.39. The number of benzene rings is 4. The maximum Gasteiger partial charge on any atom is 0.338 e. The molecule has 0 unspecified atom stereocenters. The fourth-order valence-corrected chi connectivity index (χ4v) is 6.66. The third-order valence-electron chi connectivity index (χ3n) is 7.42. The van der Waals surface area contributed by atoms with Gasteiger partial charge in [-0.1, -0.05) is 72.0 Å². The number of hydrogen-bond donors (Lipinski definition) is 0. The van der Waals surface area contributed by atoms with E-state index in [0.717, 1.165) is 27.1 Å².